The Morgan fingerprint density at radius 2 is 1.69 bits per heavy atom. The normalized spacial score (nSPS) is 13.8. The molecule has 0 fully saturated rings. The topological polar surface area (TPSA) is 159 Å². The van der Waals surface area contributed by atoms with Crippen LogP contribution in [0.4, 0.5) is 18.9 Å². The summed E-state index contributed by atoms with van der Waals surface area (Å²) in [6.45, 7) is 1.64. The highest BCUT2D eigenvalue weighted by Crippen LogP contribution is 2.38. The zero-order chi connectivity index (χ0) is 31.7. The van der Waals surface area contributed by atoms with Gasteiger partial charge in [0.25, 0.3) is 17.7 Å². The number of fused-ring (bicyclic) bond motifs is 1. The van der Waals surface area contributed by atoms with Crippen molar-refractivity contribution >= 4 is 23.4 Å². The Morgan fingerprint density at radius 1 is 0.933 bits per heavy atom. The van der Waals surface area contributed by atoms with Crippen molar-refractivity contribution < 1.29 is 27.6 Å². The quantitative estimate of drug-likeness (QED) is 0.252. The van der Waals surface area contributed by atoms with Crippen LogP contribution in [0.3, 0.4) is 0 Å². The van der Waals surface area contributed by atoms with Gasteiger partial charge in [0, 0.05) is 35.4 Å². The van der Waals surface area contributed by atoms with Gasteiger partial charge in [0.1, 0.15) is 35.2 Å². The molecule has 3 N–H and O–H groups in total. The van der Waals surface area contributed by atoms with E-state index in [-0.39, 0.29) is 41.7 Å². The van der Waals surface area contributed by atoms with E-state index in [1.54, 1.807) is 37.3 Å². The van der Waals surface area contributed by atoms with Gasteiger partial charge in [0.05, 0.1) is 18.3 Å². The van der Waals surface area contributed by atoms with Gasteiger partial charge in [-0.2, -0.15) is 5.21 Å². The molecular formula is C30H22F3N9O3. The van der Waals surface area contributed by atoms with Crippen molar-refractivity contribution in [3.05, 3.63) is 118 Å². The van der Waals surface area contributed by atoms with Crippen molar-refractivity contribution in [2.75, 3.05) is 11.4 Å². The Hall–Kier alpha value is -5.99. The molecule has 0 unspecified atom stereocenters. The highest BCUT2D eigenvalue weighted by atomic mass is 19.1. The molecule has 3 amide bonds. The highest BCUT2D eigenvalue weighted by molar-refractivity contribution is 6.08. The summed E-state index contributed by atoms with van der Waals surface area (Å²) in [7, 11) is 0. The molecule has 3 heterocycles. The molecule has 0 saturated heterocycles. The minimum absolute atomic E-state index is 0.0736. The summed E-state index contributed by atoms with van der Waals surface area (Å²) < 4.78 is 41.5. The zero-order valence-electron chi connectivity index (χ0n) is 23.4. The van der Waals surface area contributed by atoms with Gasteiger partial charge in [-0.15, -0.1) is 10.2 Å². The smallest absolute Gasteiger partial charge is 0.270 e. The standard InChI is InChI=1S/C30H22F3N9O3/c1-15-6-16(2-5-22(15)33)12-34-28(43)23-11-24(36-14-35-23)29(44)37-25-13-42(30(45)18-7-19(31)10-20(32)8-18)26-9-17(3-4-21(25)26)27-38-40-41-39-27/h2-11,14,25H,12-13H2,1H3,(H,34,43)(H,37,44)(H,38,39,40,41)/t25-/m0/s1. The van der Waals surface area contributed by atoms with E-state index in [1.165, 1.54) is 17.0 Å². The number of tetrazole rings is 1. The van der Waals surface area contributed by atoms with Gasteiger partial charge in [-0.1, -0.05) is 24.3 Å². The summed E-state index contributed by atoms with van der Waals surface area (Å²) in [5.74, 6) is -3.88. The Balaban J connectivity index is 1.23. The number of anilines is 1. The van der Waals surface area contributed by atoms with Crippen LogP contribution in [0.1, 0.15) is 54.1 Å². The maximum atomic E-state index is 14.0. The number of H-pyrrole nitrogens is 1. The molecule has 12 nitrogen and oxygen atoms in total. The lowest BCUT2D eigenvalue weighted by molar-refractivity contribution is 0.0924. The molecule has 0 bridgehead atoms. The van der Waals surface area contributed by atoms with Crippen molar-refractivity contribution in [3.63, 3.8) is 0 Å². The molecule has 2 aromatic heterocycles. The number of rotatable bonds is 7. The van der Waals surface area contributed by atoms with Crippen LogP contribution >= 0.6 is 0 Å². The third-order valence-corrected chi connectivity index (χ3v) is 7.13. The first-order valence-corrected chi connectivity index (χ1v) is 13.5. The molecule has 45 heavy (non-hydrogen) atoms. The fraction of sp³-hybridized carbons (Fsp3) is 0.133. The van der Waals surface area contributed by atoms with Gasteiger partial charge in [0.15, 0.2) is 0 Å². The van der Waals surface area contributed by atoms with E-state index in [0.717, 1.165) is 18.5 Å². The average molecular weight is 614 g/mol. The van der Waals surface area contributed by atoms with Gasteiger partial charge >= 0.3 is 0 Å². The van der Waals surface area contributed by atoms with Gasteiger partial charge in [-0.25, -0.2) is 23.1 Å². The van der Waals surface area contributed by atoms with E-state index < -0.39 is 35.4 Å². The summed E-state index contributed by atoms with van der Waals surface area (Å²) in [5, 5.41) is 19.3. The molecule has 1 aliphatic heterocycles. The van der Waals surface area contributed by atoms with Crippen LogP contribution in [0.15, 0.2) is 67.0 Å². The Bertz CT molecular complexity index is 1930. The number of carbonyl (C=O) groups excluding carboxylic acids is 3. The summed E-state index contributed by atoms with van der Waals surface area (Å²) in [6.07, 6.45) is 1.07. The van der Waals surface area contributed by atoms with E-state index in [1.807, 2.05) is 0 Å². The second-order valence-corrected chi connectivity index (χ2v) is 10.2. The summed E-state index contributed by atoms with van der Waals surface area (Å²) in [4.78, 5) is 48.8. The third-order valence-electron chi connectivity index (χ3n) is 7.13. The number of nitrogens with zero attached hydrogens (tertiary/aromatic N) is 6. The monoisotopic (exact) mass is 613 g/mol. The number of aryl methyl sites for hydroxylation is 1. The van der Waals surface area contributed by atoms with Crippen LogP contribution in [0.2, 0.25) is 0 Å². The Morgan fingerprint density at radius 3 is 2.40 bits per heavy atom. The highest BCUT2D eigenvalue weighted by Gasteiger charge is 2.35. The molecule has 0 radical (unpaired) electrons. The minimum Gasteiger partial charge on any atom is -0.347 e. The molecule has 15 heteroatoms. The summed E-state index contributed by atoms with van der Waals surface area (Å²) in [5.41, 5.74) is 2.09. The molecule has 6 rings (SSSR count). The van der Waals surface area contributed by atoms with Crippen molar-refractivity contribution in [1.82, 2.24) is 41.2 Å². The number of benzene rings is 3. The largest absolute Gasteiger partial charge is 0.347 e. The maximum absolute atomic E-state index is 14.0. The predicted octanol–water partition coefficient (Wildman–Crippen LogP) is 3.44. The van der Waals surface area contributed by atoms with Crippen molar-refractivity contribution in [2.24, 2.45) is 0 Å². The molecule has 0 saturated carbocycles. The van der Waals surface area contributed by atoms with Gasteiger partial charge in [0.2, 0.25) is 5.82 Å². The second kappa shape index (κ2) is 11.9. The maximum Gasteiger partial charge on any atom is 0.270 e. The molecule has 226 valence electrons. The number of amides is 3. The number of aromatic amines is 1. The molecule has 1 atom stereocenters. The molecule has 5 aromatic rings. The van der Waals surface area contributed by atoms with Crippen LogP contribution in [-0.2, 0) is 6.54 Å². The van der Waals surface area contributed by atoms with Crippen LogP contribution in [-0.4, -0.2) is 54.9 Å². The molecule has 0 aliphatic carbocycles. The van der Waals surface area contributed by atoms with E-state index in [2.05, 4.69) is 41.2 Å². The van der Waals surface area contributed by atoms with Gasteiger partial charge < -0.3 is 15.5 Å². The molecule has 3 aromatic carbocycles. The number of carbonyl (C=O) groups is 3. The SMILES string of the molecule is Cc1cc(CNC(=O)c2cc(C(=O)N[C@H]3CN(C(=O)c4cc(F)cc(F)c4)c4cc(-c5nn[nH]n5)ccc43)ncn2)ccc1F. The third kappa shape index (κ3) is 6.08. The second-order valence-electron chi connectivity index (χ2n) is 10.2. The van der Waals surface area contributed by atoms with E-state index >= 15 is 0 Å². The van der Waals surface area contributed by atoms with Crippen LogP contribution in [0, 0.1) is 24.4 Å². The average Bonchev–Trinajstić information content (AvgIpc) is 3.69. The predicted molar refractivity (Wildman–Crippen MR) is 152 cm³/mol. The van der Waals surface area contributed by atoms with Crippen LogP contribution < -0.4 is 15.5 Å². The number of nitrogens with one attached hydrogen (secondary N) is 3. The number of hydrogen-bond donors (Lipinski definition) is 3. The van der Waals surface area contributed by atoms with Crippen LogP contribution in [0.5, 0.6) is 0 Å². The first-order chi connectivity index (χ1) is 21.7. The zero-order valence-corrected chi connectivity index (χ0v) is 23.4. The van der Waals surface area contributed by atoms with Crippen molar-refractivity contribution in [1.29, 1.82) is 0 Å². The fourth-order valence-electron chi connectivity index (χ4n) is 4.95. The van der Waals surface area contributed by atoms with E-state index in [9.17, 15) is 27.6 Å². The lowest BCUT2D eigenvalue weighted by atomic mass is 10.1. The fourth-order valence-corrected chi connectivity index (χ4v) is 4.95. The number of hydrogen-bond acceptors (Lipinski definition) is 8. The molecular weight excluding hydrogens is 591 g/mol. The van der Waals surface area contributed by atoms with Crippen LogP contribution in [0.25, 0.3) is 11.4 Å². The Labute approximate surface area is 252 Å². The van der Waals surface area contributed by atoms with E-state index in [4.69, 9.17) is 0 Å². The summed E-state index contributed by atoms with van der Waals surface area (Å²) in [6, 6.07) is 12.4. The Kier molecular flexibility index (Phi) is 7.73. The lowest BCUT2D eigenvalue weighted by Gasteiger charge is -2.19. The number of aromatic nitrogens is 6. The molecule has 1 aliphatic rings. The summed E-state index contributed by atoms with van der Waals surface area (Å²) >= 11 is 0. The van der Waals surface area contributed by atoms with E-state index in [0.29, 0.717) is 34.0 Å². The van der Waals surface area contributed by atoms with Crippen molar-refractivity contribution in [3.8, 4) is 11.4 Å². The first kappa shape index (κ1) is 29.1. The minimum atomic E-state index is -0.917. The number of halogens is 3. The lowest BCUT2D eigenvalue weighted by Crippen LogP contribution is -2.36. The first-order valence-electron chi connectivity index (χ1n) is 13.5. The van der Waals surface area contributed by atoms with Gasteiger partial charge in [-0.3, -0.25) is 14.4 Å². The van der Waals surface area contributed by atoms with Gasteiger partial charge in [-0.05, 0) is 47.5 Å². The molecule has 0 spiro atoms. The van der Waals surface area contributed by atoms with Crippen molar-refractivity contribution in [2.45, 2.75) is 19.5 Å².